The van der Waals surface area contributed by atoms with Crippen molar-refractivity contribution in [1.82, 2.24) is 4.98 Å². The fourth-order valence-corrected chi connectivity index (χ4v) is 2.37. The Labute approximate surface area is 131 Å². The summed E-state index contributed by atoms with van der Waals surface area (Å²) in [6.07, 6.45) is 0. The zero-order valence-corrected chi connectivity index (χ0v) is 12.4. The first kappa shape index (κ1) is 15.0. The second-order valence-corrected chi connectivity index (χ2v) is 5.03. The fraction of sp³-hybridized carbons (Fsp3) is 0.111. The van der Waals surface area contributed by atoms with Crippen LogP contribution in [0.4, 0.5) is 4.39 Å². The topological polar surface area (TPSA) is 59.2 Å². The van der Waals surface area contributed by atoms with Gasteiger partial charge in [0.15, 0.2) is 5.43 Å². The van der Waals surface area contributed by atoms with E-state index in [0.717, 1.165) is 0 Å². The number of carbonyl (C=O) groups is 1. The van der Waals surface area contributed by atoms with Gasteiger partial charge in [0.2, 0.25) is 0 Å². The van der Waals surface area contributed by atoms with Gasteiger partial charge in [-0.25, -0.2) is 9.18 Å². The van der Waals surface area contributed by atoms with Gasteiger partial charge in [-0.05, 0) is 55.0 Å². The number of rotatable bonds is 3. The third-order valence-corrected chi connectivity index (χ3v) is 3.50. The third-order valence-electron chi connectivity index (χ3n) is 3.50. The highest BCUT2D eigenvalue weighted by molar-refractivity contribution is 5.94. The molecule has 1 aromatic heterocycles. The van der Waals surface area contributed by atoms with E-state index in [4.69, 9.17) is 4.74 Å². The van der Waals surface area contributed by atoms with Crippen LogP contribution in [-0.4, -0.2) is 17.6 Å². The Kier molecular flexibility index (Phi) is 3.93. The predicted molar refractivity (Wildman–Crippen MR) is 85.9 cm³/mol. The van der Waals surface area contributed by atoms with Gasteiger partial charge in [0.05, 0.1) is 12.2 Å². The number of aromatic amines is 1. The Morgan fingerprint density at radius 3 is 2.57 bits per heavy atom. The standard InChI is InChI=1S/C18H14FNO3/c1-2-23-18(22)12-5-8-15-14(9-12)17(21)10-16(20-15)11-3-6-13(19)7-4-11/h3-10H,2H2,1H3,(H,20,21). The molecule has 0 spiro atoms. The van der Waals surface area contributed by atoms with Crippen molar-refractivity contribution in [3.05, 3.63) is 70.1 Å². The minimum absolute atomic E-state index is 0.218. The molecule has 5 heteroatoms. The highest BCUT2D eigenvalue weighted by Gasteiger charge is 2.10. The number of fused-ring (bicyclic) bond motifs is 1. The zero-order valence-electron chi connectivity index (χ0n) is 12.4. The van der Waals surface area contributed by atoms with E-state index in [2.05, 4.69) is 4.98 Å². The lowest BCUT2D eigenvalue weighted by atomic mass is 10.1. The Morgan fingerprint density at radius 1 is 1.13 bits per heavy atom. The number of halogens is 1. The van der Waals surface area contributed by atoms with Gasteiger partial charge < -0.3 is 9.72 Å². The van der Waals surface area contributed by atoms with Crippen molar-refractivity contribution >= 4 is 16.9 Å². The van der Waals surface area contributed by atoms with Crippen molar-refractivity contribution < 1.29 is 13.9 Å². The summed E-state index contributed by atoms with van der Waals surface area (Å²) in [5.41, 5.74) is 2.01. The molecule has 0 amide bonds. The molecule has 23 heavy (non-hydrogen) atoms. The summed E-state index contributed by atoms with van der Waals surface area (Å²) in [5, 5.41) is 0.404. The summed E-state index contributed by atoms with van der Waals surface area (Å²) in [4.78, 5) is 27.2. The van der Waals surface area contributed by atoms with Crippen molar-refractivity contribution in [2.75, 3.05) is 6.61 Å². The maximum Gasteiger partial charge on any atom is 0.338 e. The summed E-state index contributed by atoms with van der Waals surface area (Å²) >= 11 is 0. The average Bonchev–Trinajstić information content (AvgIpc) is 2.55. The van der Waals surface area contributed by atoms with E-state index in [1.54, 1.807) is 31.2 Å². The van der Waals surface area contributed by atoms with Crippen molar-refractivity contribution in [2.24, 2.45) is 0 Å². The summed E-state index contributed by atoms with van der Waals surface area (Å²) in [6, 6.07) is 12.1. The lowest BCUT2D eigenvalue weighted by Crippen LogP contribution is -2.08. The molecular weight excluding hydrogens is 297 g/mol. The van der Waals surface area contributed by atoms with Crippen LogP contribution < -0.4 is 5.43 Å². The zero-order chi connectivity index (χ0) is 16.4. The van der Waals surface area contributed by atoms with Crippen LogP contribution in [0.2, 0.25) is 0 Å². The van der Waals surface area contributed by atoms with Crippen LogP contribution in [-0.2, 0) is 4.74 Å². The smallest absolute Gasteiger partial charge is 0.338 e. The minimum Gasteiger partial charge on any atom is -0.462 e. The molecule has 3 rings (SSSR count). The molecule has 0 saturated heterocycles. The van der Waals surface area contributed by atoms with Crippen molar-refractivity contribution in [3.63, 3.8) is 0 Å². The largest absolute Gasteiger partial charge is 0.462 e. The number of pyridine rings is 1. The second-order valence-electron chi connectivity index (χ2n) is 5.03. The van der Waals surface area contributed by atoms with Gasteiger partial charge in [-0.15, -0.1) is 0 Å². The molecule has 2 aromatic carbocycles. The quantitative estimate of drug-likeness (QED) is 0.753. The summed E-state index contributed by atoms with van der Waals surface area (Å²) in [7, 11) is 0. The predicted octanol–water partition coefficient (Wildman–Crippen LogP) is 3.51. The molecule has 0 fully saturated rings. The number of hydrogen-bond acceptors (Lipinski definition) is 3. The number of esters is 1. The highest BCUT2D eigenvalue weighted by Crippen LogP contribution is 2.19. The Hall–Kier alpha value is -2.95. The summed E-state index contributed by atoms with van der Waals surface area (Å²) < 4.78 is 17.9. The molecule has 3 aromatic rings. The highest BCUT2D eigenvalue weighted by atomic mass is 19.1. The molecule has 0 aliphatic heterocycles. The Balaban J connectivity index is 2.09. The monoisotopic (exact) mass is 311 g/mol. The van der Waals surface area contributed by atoms with Crippen LogP contribution in [0.3, 0.4) is 0 Å². The molecule has 0 bridgehead atoms. The van der Waals surface area contributed by atoms with Crippen LogP contribution in [0.1, 0.15) is 17.3 Å². The number of H-pyrrole nitrogens is 1. The molecule has 0 atom stereocenters. The van der Waals surface area contributed by atoms with Gasteiger partial charge >= 0.3 is 5.97 Å². The number of aromatic nitrogens is 1. The SMILES string of the molecule is CCOC(=O)c1ccc2[nH]c(-c3ccc(F)cc3)cc(=O)c2c1. The van der Waals surface area contributed by atoms with Gasteiger partial charge in [-0.3, -0.25) is 4.79 Å². The first-order valence-corrected chi connectivity index (χ1v) is 7.18. The maximum atomic E-state index is 13.0. The molecule has 0 saturated carbocycles. The molecule has 0 aliphatic carbocycles. The first-order chi connectivity index (χ1) is 11.1. The van der Waals surface area contributed by atoms with Gasteiger partial charge in [0.1, 0.15) is 5.82 Å². The number of ether oxygens (including phenoxy) is 1. The van der Waals surface area contributed by atoms with Crippen LogP contribution >= 0.6 is 0 Å². The molecular formula is C18H14FNO3. The summed E-state index contributed by atoms with van der Waals surface area (Å²) in [6.45, 7) is 2.00. The van der Waals surface area contributed by atoms with E-state index in [1.165, 1.54) is 24.3 Å². The molecule has 116 valence electrons. The van der Waals surface area contributed by atoms with E-state index in [0.29, 0.717) is 27.7 Å². The molecule has 0 aliphatic rings. The Bertz CT molecular complexity index is 929. The lowest BCUT2D eigenvalue weighted by molar-refractivity contribution is 0.0526. The van der Waals surface area contributed by atoms with E-state index < -0.39 is 5.97 Å². The van der Waals surface area contributed by atoms with Gasteiger partial charge in [0.25, 0.3) is 0 Å². The van der Waals surface area contributed by atoms with Crippen LogP contribution in [0.5, 0.6) is 0 Å². The number of benzene rings is 2. The third kappa shape index (κ3) is 2.99. The van der Waals surface area contributed by atoms with Crippen molar-refractivity contribution in [3.8, 4) is 11.3 Å². The van der Waals surface area contributed by atoms with E-state index in [1.807, 2.05) is 0 Å². The first-order valence-electron chi connectivity index (χ1n) is 7.18. The van der Waals surface area contributed by atoms with Crippen LogP contribution in [0.15, 0.2) is 53.3 Å². The molecule has 0 radical (unpaired) electrons. The average molecular weight is 311 g/mol. The lowest BCUT2D eigenvalue weighted by Gasteiger charge is -2.06. The van der Waals surface area contributed by atoms with E-state index >= 15 is 0 Å². The van der Waals surface area contributed by atoms with E-state index in [9.17, 15) is 14.0 Å². The fourth-order valence-electron chi connectivity index (χ4n) is 2.37. The van der Waals surface area contributed by atoms with Crippen LogP contribution in [0.25, 0.3) is 22.2 Å². The normalized spacial score (nSPS) is 10.7. The van der Waals surface area contributed by atoms with Crippen LogP contribution in [0, 0.1) is 5.82 Å². The van der Waals surface area contributed by atoms with Gasteiger partial charge in [-0.1, -0.05) is 0 Å². The van der Waals surface area contributed by atoms with Crippen molar-refractivity contribution in [2.45, 2.75) is 6.92 Å². The maximum absolute atomic E-state index is 13.0. The second kappa shape index (κ2) is 6.04. The van der Waals surface area contributed by atoms with Gasteiger partial charge in [-0.2, -0.15) is 0 Å². The number of hydrogen-bond donors (Lipinski definition) is 1. The summed E-state index contributed by atoms with van der Waals surface area (Å²) in [5.74, 6) is -0.799. The molecule has 4 nitrogen and oxygen atoms in total. The Morgan fingerprint density at radius 2 is 1.87 bits per heavy atom. The number of nitrogens with one attached hydrogen (secondary N) is 1. The molecule has 0 unspecified atom stereocenters. The molecule has 1 N–H and O–H groups in total. The van der Waals surface area contributed by atoms with E-state index in [-0.39, 0.29) is 17.9 Å². The van der Waals surface area contributed by atoms with Gasteiger partial charge in [0, 0.05) is 22.7 Å². The van der Waals surface area contributed by atoms with Crippen molar-refractivity contribution in [1.29, 1.82) is 0 Å². The molecule has 1 heterocycles. The minimum atomic E-state index is -0.462. The number of carbonyl (C=O) groups excluding carboxylic acids is 1.